The second-order valence-electron chi connectivity index (χ2n) is 6.80. The number of ether oxygens (including phenoxy) is 1. The number of carboxylic acids is 1. The van der Waals surface area contributed by atoms with Crippen molar-refractivity contribution in [1.29, 1.82) is 0 Å². The molecular formula is C21H23N3O5. The maximum Gasteiger partial charge on any atom is 0.330 e. The summed E-state index contributed by atoms with van der Waals surface area (Å²) >= 11 is 0. The normalized spacial score (nSPS) is 14.3. The van der Waals surface area contributed by atoms with Crippen LogP contribution < -0.4 is 20.3 Å². The number of carboxylic acid groups (broad SMARTS) is 1. The molecule has 2 aromatic rings. The van der Waals surface area contributed by atoms with E-state index in [4.69, 9.17) is 4.74 Å². The highest BCUT2D eigenvalue weighted by Crippen LogP contribution is 2.31. The van der Waals surface area contributed by atoms with Gasteiger partial charge in [-0.05, 0) is 48.7 Å². The monoisotopic (exact) mass is 397 g/mol. The average Bonchev–Trinajstić information content (AvgIpc) is 3.13. The second kappa shape index (κ2) is 8.22. The number of hydrogen-bond donors (Lipinski definition) is 3. The number of nitrogens with one attached hydrogen (secondary N) is 2. The predicted molar refractivity (Wildman–Crippen MR) is 107 cm³/mol. The number of urea groups is 1. The number of hydrogen-bond acceptors (Lipinski definition) is 4. The SMILES string of the molecule is COc1ccc(C(=O)NC(C(=O)O)c2cccc(C)c2C)cc1N1CCNC1=O. The van der Waals surface area contributed by atoms with Gasteiger partial charge in [0.15, 0.2) is 6.04 Å². The minimum Gasteiger partial charge on any atom is -0.495 e. The van der Waals surface area contributed by atoms with Crippen LogP contribution in [-0.4, -0.2) is 43.2 Å². The molecule has 0 saturated carbocycles. The summed E-state index contributed by atoms with van der Waals surface area (Å²) in [5, 5.41) is 15.0. The highest BCUT2D eigenvalue weighted by atomic mass is 16.5. The van der Waals surface area contributed by atoms with E-state index < -0.39 is 17.9 Å². The van der Waals surface area contributed by atoms with E-state index >= 15 is 0 Å². The van der Waals surface area contributed by atoms with Crippen LogP contribution in [0.3, 0.4) is 0 Å². The van der Waals surface area contributed by atoms with E-state index in [0.717, 1.165) is 11.1 Å². The Bertz CT molecular complexity index is 973. The van der Waals surface area contributed by atoms with E-state index in [-0.39, 0.29) is 11.6 Å². The molecule has 3 amide bonds. The molecule has 2 aromatic carbocycles. The zero-order chi connectivity index (χ0) is 21.1. The molecule has 0 aliphatic carbocycles. The first-order valence-corrected chi connectivity index (χ1v) is 9.16. The van der Waals surface area contributed by atoms with Crippen LogP contribution in [0, 0.1) is 13.8 Å². The summed E-state index contributed by atoms with van der Waals surface area (Å²) in [6, 6.07) is 8.52. The minimum atomic E-state index is -1.19. The number of benzene rings is 2. The lowest BCUT2D eigenvalue weighted by atomic mass is 9.97. The Morgan fingerprint density at radius 1 is 1.24 bits per heavy atom. The van der Waals surface area contributed by atoms with Gasteiger partial charge in [0.1, 0.15) is 5.75 Å². The van der Waals surface area contributed by atoms with Crippen LogP contribution in [0.15, 0.2) is 36.4 Å². The first kappa shape index (κ1) is 20.2. The molecule has 29 heavy (non-hydrogen) atoms. The van der Waals surface area contributed by atoms with Gasteiger partial charge in [0.25, 0.3) is 5.91 Å². The lowest BCUT2D eigenvalue weighted by Crippen LogP contribution is -2.34. The molecule has 152 valence electrons. The van der Waals surface area contributed by atoms with Crippen LogP contribution in [0.4, 0.5) is 10.5 Å². The molecule has 0 bridgehead atoms. The van der Waals surface area contributed by atoms with Gasteiger partial charge in [0.2, 0.25) is 0 Å². The fraction of sp³-hybridized carbons (Fsp3) is 0.286. The van der Waals surface area contributed by atoms with Crippen molar-refractivity contribution in [2.75, 3.05) is 25.1 Å². The predicted octanol–water partition coefficient (Wildman–Crippen LogP) is 2.40. The third-order valence-electron chi connectivity index (χ3n) is 5.07. The maximum atomic E-state index is 12.8. The summed E-state index contributed by atoms with van der Waals surface area (Å²) in [4.78, 5) is 38.2. The van der Waals surface area contributed by atoms with Crippen LogP contribution in [-0.2, 0) is 4.79 Å². The number of carbonyl (C=O) groups excluding carboxylic acids is 2. The van der Waals surface area contributed by atoms with Gasteiger partial charge in [-0.1, -0.05) is 18.2 Å². The van der Waals surface area contributed by atoms with Crippen molar-refractivity contribution in [1.82, 2.24) is 10.6 Å². The molecule has 1 heterocycles. The molecule has 0 radical (unpaired) electrons. The largest absolute Gasteiger partial charge is 0.495 e. The molecule has 1 fully saturated rings. The van der Waals surface area contributed by atoms with Gasteiger partial charge in [-0.25, -0.2) is 9.59 Å². The summed E-state index contributed by atoms with van der Waals surface area (Å²) < 4.78 is 5.31. The van der Waals surface area contributed by atoms with Crippen LogP contribution in [0.2, 0.25) is 0 Å². The highest BCUT2D eigenvalue weighted by Gasteiger charge is 2.27. The molecular weight excluding hydrogens is 374 g/mol. The Morgan fingerprint density at radius 3 is 2.62 bits per heavy atom. The van der Waals surface area contributed by atoms with Crippen LogP contribution in [0.5, 0.6) is 5.75 Å². The summed E-state index contributed by atoms with van der Waals surface area (Å²) in [5.41, 5.74) is 2.96. The van der Waals surface area contributed by atoms with Crippen molar-refractivity contribution in [2.24, 2.45) is 0 Å². The third kappa shape index (κ3) is 4.01. The summed E-state index contributed by atoms with van der Waals surface area (Å²) in [6.07, 6.45) is 0. The standard InChI is InChI=1S/C21H23N3O5/c1-12-5-4-6-15(13(12)2)18(20(26)27)23-19(25)14-7-8-17(29-3)16(11-14)24-10-9-22-21(24)28/h4-8,11,18H,9-10H2,1-3H3,(H,22,28)(H,23,25)(H,26,27). The van der Waals surface area contributed by atoms with Gasteiger partial charge in [-0.2, -0.15) is 0 Å². The molecule has 1 aliphatic heterocycles. The van der Waals surface area contributed by atoms with Crippen LogP contribution in [0.25, 0.3) is 0 Å². The number of amides is 3. The zero-order valence-electron chi connectivity index (χ0n) is 16.5. The van der Waals surface area contributed by atoms with Crippen LogP contribution in [0.1, 0.15) is 33.1 Å². The van der Waals surface area contributed by atoms with Crippen molar-refractivity contribution in [2.45, 2.75) is 19.9 Å². The molecule has 1 unspecified atom stereocenters. The Hall–Kier alpha value is -3.55. The van der Waals surface area contributed by atoms with E-state index in [1.807, 2.05) is 19.9 Å². The van der Waals surface area contributed by atoms with E-state index in [9.17, 15) is 19.5 Å². The van der Waals surface area contributed by atoms with Gasteiger partial charge < -0.3 is 20.5 Å². The number of rotatable bonds is 6. The van der Waals surface area contributed by atoms with Gasteiger partial charge in [0.05, 0.1) is 12.8 Å². The Balaban J connectivity index is 1.92. The molecule has 0 aromatic heterocycles. The summed E-state index contributed by atoms with van der Waals surface area (Å²) in [7, 11) is 1.48. The van der Waals surface area contributed by atoms with Crippen molar-refractivity contribution >= 4 is 23.6 Å². The van der Waals surface area contributed by atoms with E-state index in [1.165, 1.54) is 24.1 Å². The fourth-order valence-electron chi connectivity index (χ4n) is 3.32. The number of anilines is 1. The van der Waals surface area contributed by atoms with Crippen molar-refractivity contribution in [3.63, 3.8) is 0 Å². The molecule has 1 aliphatic rings. The summed E-state index contributed by atoms with van der Waals surface area (Å²) in [6.45, 7) is 4.65. The van der Waals surface area contributed by atoms with E-state index in [0.29, 0.717) is 30.1 Å². The Labute approximate surface area is 168 Å². The van der Waals surface area contributed by atoms with Crippen molar-refractivity contribution in [3.8, 4) is 5.75 Å². The first-order chi connectivity index (χ1) is 13.8. The zero-order valence-corrected chi connectivity index (χ0v) is 16.5. The molecule has 3 N–H and O–H groups in total. The van der Waals surface area contributed by atoms with Gasteiger partial charge in [0, 0.05) is 18.7 Å². The smallest absolute Gasteiger partial charge is 0.330 e. The highest BCUT2D eigenvalue weighted by molar-refractivity contribution is 6.01. The molecule has 0 spiro atoms. The number of nitrogens with zero attached hydrogens (tertiary/aromatic N) is 1. The number of methoxy groups -OCH3 is 1. The molecule has 8 nitrogen and oxygen atoms in total. The molecule has 3 rings (SSSR count). The average molecular weight is 397 g/mol. The Kier molecular flexibility index (Phi) is 5.72. The van der Waals surface area contributed by atoms with Crippen molar-refractivity contribution in [3.05, 3.63) is 58.7 Å². The van der Waals surface area contributed by atoms with Gasteiger partial charge in [-0.3, -0.25) is 9.69 Å². The minimum absolute atomic E-state index is 0.233. The number of carbonyl (C=O) groups is 3. The number of aliphatic carboxylic acids is 1. The molecule has 1 saturated heterocycles. The number of aryl methyl sites for hydroxylation is 1. The second-order valence-corrected chi connectivity index (χ2v) is 6.80. The quantitative estimate of drug-likeness (QED) is 0.694. The Morgan fingerprint density at radius 2 is 2.00 bits per heavy atom. The lowest BCUT2D eigenvalue weighted by molar-refractivity contribution is -0.139. The van der Waals surface area contributed by atoms with Gasteiger partial charge >= 0.3 is 12.0 Å². The topological polar surface area (TPSA) is 108 Å². The maximum absolute atomic E-state index is 12.8. The summed E-state index contributed by atoms with van der Waals surface area (Å²) in [5.74, 6) is -1.26. The third-order valence-corrected chi connectivity index (χ3v) is 5.07. The molecule has 8 heteroatoms. The van der Waals surface area contributed by atoms with Crippen molar-refractivity contribution < 1.29 is 24.2 Å². The fourth-order valence-corrected chi connectivity index (χ4v) is 3.32. The van der Waals surface area contributed by atoms with E-state index in [1.54, 1.807) is 18.2 Å². The molecule has 1 atom stereocenters. The van der Waals surface area contributed by atoms with Crippen LogP contribution >= 0.6 is 0 Å². The first-order valence-electron chi connectivity index (χ1n) is 9.16. The van der Waals surface area contributed by atoms with E-state index in [2.05, 4.69) is 10.6 Å². The van der Waals surface area contributed by atoms with Gasteiger partial charge in [-0.15, -0.1) is 0 Å². The lowest BCUT2D eigenvalue weighted by Gasteiger charge is -2.20.